The summed E-state index contributed by atoms with van der Waals surface area (Å²) in [6.07, 6.45) is 2.06. The van der Waals surface area contributed by atoms with Gasteiger partial charge < -0.3 is 11.1 Å². The van der Waals surface area contributed by atoms with Crippen LogP contribution in [0.3, 0.4) is 0 Å². The maximum atomic E-state index is 11.9. The smallest absolute Gasteiger partial charge is 0.271 e. The van der Waals surface area contributed by atoms with Gasteiger partial charge in [-0.1, -0.05) is 6.92 Å². The molecule has 0 radical (unpaired) electrons. The average molecular weight is 256 g/mol. The highest BCUT2D eigenvalue weighted by Crippen LogP contribution is 2.15. The first kappa shape index (κ1) is 13.9. The maximum Gasteiger partial charge on any atom is 0.271 e. The van der Waals surface area contributed by atoms with Gasteiger partial charge in [-0.05, 0) is 24.9 Å². The minimum Gasteiger partial charge on any atom is -0.395 e. The quantitative estimate of drug-likeness (QED) is 0.825. The van der Waals surface area contributed by atoms with Crippen molar-refractivity contribution in [2.45, 2.75) is 13.8 Å². The Morgan fingerprint density at radius 1 is 1.65 bits per heavy atom. The third-order valence-corrected chi connectivity index (χ3v) is 3.45. The molecule has 0 fully saturated rings. The number of hydrogen-bond acceptors (Lipinski definition) is 4. The molecule has 1 aromatic rings. The van der Waals surface area contributed by atoms with Crippen molar-refractivity contribution in [2.75, 3.05) is 24.3 Å². The largest absolute Gasteiger partial charge is 0.395 e. The lowest BCUT2D eigenvalue weighted by Gasteiger charge is -2.11. The third-order valence-electron chi connectivity index (χ3n) is 2.55. The predicted molar refractivity (Wildman–Crippen MR) is 72.2 cm³/mol. The number of carbonyl (C=O) groups is 1. The topological polar surface area (TPSA) is 72.9 Å². The fourth-order valence-electron chi connectivity index (χ4n) is 1.64. The Hall–Kier alpha value is -1.17. The summed E-state index contributed by atoms with van der Waals surface area (Å²) in [7, 11) is 1.73. The first-order valence-electron chi connectivity index (χ1n) is 5.53. The van der Waals surface area contributed by atoms with Crippen molar-refractivity contribution in [2.24, 2.45) is 13.0 Å². The van der Waals surface area contributed by atoms with Gasteiger partial charge in [-0.2, -0.15) is 16.9 Å². The van der Waals surface area contributed by atoms with Gasteiger partial charge in [-0.25, -0.2) is 0 Å². The first-order valence-corrected chi connectivity index (χ1v) is 6.93. The summed E-state index contributed by atoms with van der Waals surface area (Å²) in [5.74, 6) is 1.32. The Balaban J connectivity index is 2.64. The van der Waals surface area contributed by atoms with Crippen molar-refractivity contribution in [1.82, 2.24) is 15.1 Å². The molecule has 0 bridgehead atoms. The van der Waals surface area contributed by atoms with E-state index < -0.39 is 0 Å². The lowest BCUT2D eigenvalue weighted by atomic mass is 10.2. The van der Waals surface area contributed by atoms with Crippen molar-refractivity contribution in [3.63, 3.8) is 0 Å². The minimum absolute atomic E-state index is 0.154. The Labute approximate surface area is 106 Å². The molecular formula is C11H20N4OS. The van der Waals surface area contributed by atoms with Gasteiger partial charge in [0.2, 0.25) is 0 Å². The van der Waals surface area contributed by atoms with Crippen LogP contribution in [-0.4, -0.2) is 34.2 Å². The highest BCUT2D eigenvalue weighted by Gasteiger charge is 2.17. The molecule has 1 amide bonds. The number of amides is 1. The van der Waals surface area contributed by atoms with Crippen molar-refractivity contribution in [1.29, 1.82) is 0 Å². The second kappa shape index (κ2) is 5.95. The molecule has 0 saturated carbocycles. The van der Waals surface area contributed by atoms with Gasteiger partial charge >= 0.3 is 0 Å². The number of aromatic nitrogens is 2. The number of nitrogen functional groups attached to an aromatic ring is 1. The molecule has 1 rings (SSSR count). The number of nitrogens with two attached hydrogens (primary N) is 1. The Morgan fingerprint density at radius 2 is 2.29 bits per heavy atom. The van der Waals surface area contributed by atoms with Gasteiger partial charge in [0.05, 0.1) is 11.4 Å². The van der Waals surface area contributed by atoms with Gasteiger partial charge in [0.25, 0.3) is 5.91 Å². The fourth-order valence-corrected chi connectivity index (χ4v) is 2.32. The van der Waals surface area contributed by atoms with E-state index in [0.29, 0.717) is 29.5 Å². The molecule has 0 aliphatic carbocycles. The zero-order valence-corrected chi connectivity index (χ0v) is 11.6. The summed E-state index contributed by atoms with van der Waals surface area (Å²) < 4.78 is 1.53. The van der Waals surface area contributed by atoms with Crippen LogP contribution in [0.15, 0.2) is 0 Å². The minimum atomic E-state index is -0.154. The van der Waals surface area contributed by atoms with Crippen LogP contribution in [0.25, 0.3) is 0 Å². The monoisotopic (exact) mass is 256 g/mol. The molecular weight excluding hydrogens is 236 g/mol. The highest BCUT2D eigenvalue weighted by atomic mass is 32.2. The second-order valence-corrected chi connectivity index (χ2v) is 5.15. The zero-order valence-electron chi connectivity index (χ0n) is 10.8. The van der Waals surface area contributed by atoms with Crippen LogP contribution in [0.2, 0.25) is 0 Å². The Kier molecular flexibility index (Phi) is 4.86. The molecule has 3 N–H and O–H groups in total. The standard InChI is InChI=1S/C11H20N4OS/c1-7(6-17-4)5-13-11(16)10-9(12)8(2)14-15(10)3/h7H,5-6,12H2,1-4H3,(H,13,16). The van der Waals surface area contributed by atoms with Crippen LogP contribution in [0.4, 0.5) is 5.69 Å². The molecule has 96 valence electrons. The summed E-state index contributed by atoms with van der Waals surface area (Å²) in [4.78, 5) is 11.9. The average Bonchev–Trinajstić information content (AvgIpc) is 2.50. The number of hydrogen-bond donors (Lipinski definition) is 2. The Morgan fingerprint density at radius 3 is 2.76 bits per heavy atom. The van der Waals surface area contributed by atoms with Gasteiger partial charge in [0.15, 0.2) is 0 Å². The van der Waals surface area contributed by atoms with E-state index in [9.17, 15) is 4.79 Å². The number of rotatable bonds is 5. The molecule has 17 heavy (non-hydrogen) atoms. The van der Waals surface area contributed by atoms with Crippen molar-refractivity contribution in [3.8, 4) is 0 Å². The number of nitrogens with one attached hydrogen (secondary N) is 1. The summed E-state index contributed by atoms with van der Waals surface area (Å²) >= 11 is 1.77. The van der Waals surface area contributed by atoms with Crippen LogP contribution in [-0.2, 0) is 7.05 Å². The zero-order chi connectivity index (χ0) is 13.0. The molecule has 0 aliphatic rings. The summed E-state index contributed by atoms with van der Waals surface area (Å²) in [6, 6.07) is 0. The van der Waals surface area contributed by atoms with Crippen LogP contribution < -0.4 is 11.1 Å². The molecule has 0 saturated heterocycles. The lowest BCUT2D eigenvalue weighted by molar-refractivity contribution is 0.0941. The van der Waals surface area contributed by atoms with E-state index in [-0.39, 0.29) is 5.91 Å². The van der Waals surface area contributed by atoms with E-state index in [2.05, 4.69) is 23.6 Å². The molecule has 6 heteroatoms. The first-order chi connectivity index (χ1) is 7.97. The SMILES string of the molecule is CSCC(C)CNC(=O)c1c(N)c(C)nn1C. The van der Waals surface area contributed by atoms with Crippen molar-refractivity contribution >= 4 is 23.4 Å². The lowest BCUT2D eigenvalue weighted by Crippen LogP contribution is -2.31. The summed E-state index contributed by atoms with van der Waals surface area (Å²) in [6.45, 7) is 4.56. The number of thioether (sulfide) groups is 1. The van der Waals surface area contributed by atoms with Gasteiger partial charge in [0, 0.05) is 13.6 Å². The number of aryl methyl sites for hydroxylation is 2. The third kappa shape index (κ3) is 3.39. The van der Waals surface area contributed by atoms with Crippen molar-refractivity contribution in [3.05, 3.63) is 11.4 Å². The molecule has 0 aromatic carbocycles. The Bertz CT molecular complexity index is 402. The number of nitrogens with zero attached hydrogens (tertiary/aromatic N) is 2. The van der Waals surface area contributed by atoms with Crippen LogP contribution >= 0.6 is 11.8 Å². The van der Waals surface area contributed by atoms with Gasteiger partial charge in [-0.3, -0.25) is 9.48 Å². The molecule has 0 spiro atoms. The number of carbonyl (C=O) groups excluding carboxylic acids is 1. The molecule has 1 heterocycles. The fraction of sp³-hybridized carbons (Fsp3) is 0.636. The molecule has 1 atom stereocenters. The van der Waals surface area contributed by atoms with Crippen molar-refractivity contribution < 1.29 is 4.79 Å². The highest BCUT2D eigenvalue weighted by molar-refractivity contribution is 7.98. The molecule has 1 aromatic heterocycles. The summed E-state index contributed by atoms with van der Waals surface area (Å²) in [5.41, 5.74) is 7.41. The molecule has 0 aliphatic heterocycles. The van der Waals surface area contributed by atoms with E-state index in [4.69, 9.17) is 5.73 Å². The van der Waals surface area contributed by atoms with Crippen LogP contribution in [0.1, 0.15) is 23.1 Å². The van der Waals surface area contributed by atoms with Crippen LogP contribution in [0, 0.1) is 12.8 Å². The van der Waals surface area contributed by atoms with Gasteiger partial charge in [0.1, 0.15) is 5.69 Å². The van der Waals surface area contributed by atoms with E-state index in [0.717, 1.165) is 5.75 Å². The maximum absolute atomic E-state index is 11.9. The second-order valence-electron chi connectivity index (χ2n) is 4.24. The predicted octanol–water partition coefficient (Wildman–Crippen LogP) is 1.04. The van der Waals surface area contributed by atoms with E-state index in [1.807, 2.05) is 0 Å². The van der Waals surface area contributed by atoms with Gasteiger partial charge in [-0.15, -0.1) is 0 Å². The van der Waals surface area contributed by atoms with E-state index in [1.54, 1.807) is 25.7 Å². The molecule has 5 nitrogen and oxygen atoms in total. The van der Waals surface area contributed by atoms with Crippen LogP contribution in [0.5, 0.6) is 0 Å². The molecule has 1 unspecified atom stereocenters. The number of anilines is 1. The van der Waals surface area contributed by atoms with E-state index >= 15 is 0 Å². The van der Waals surface area contributed by atoms with E-state index in [1.165, 1.54) is 4.68 Å². The normalized spacial score (nSPS) is 12.5. The summed E-state index contributed by atoms with van der Waals surface area (Å²) in [5, 5.41) is 7.01.